The zero-order chi connectivity index (χ0) is 19.4. The van der Waals surface area contributed by atoms with Crippen molar-refractivity contribution in [3.8, 4) is 6.07 Å². The number of nitrogens with zero attached hydrogens (tertiary/aromatic N) is 2. The normalized spacial score (nSPS) is 10.8. The highest BCUT2D eigenvalue weighted by molar-refractivity contribution is 8.00. The molecule has 0 unspecified atom stereocenters. The Morgan fingerprint density at radius 1 is 1.19 bits per heavy atom. The standard InChI is InChI=1S/C22H21N3OS/c1-14(2)16-6-8-19(9-7-16)24-21(26)13-27-22-18(12-23)11-17-5-4-15(3)10-20(17)25-22/h4-11,14H,13H2,1-3H3,(H,24,26). The molecule has 1 heterocycles. The first-order chi connectivity index (χ1) is 13.0. The number of anilines is 1. The summed E-state index contributed by atoms with van der Waals surface area (Å²) in [6, 6.07) is 17.8. The van der Waals surface area contributed by atoms with Gasteiger partial charge in [0.1, 0.15) is 11.1 Å². The van der Waals surface area contributed by atoms with Crippen molar-refractivity contribution in [2.75, 3.05) is 11.1 Å². The smallest absolute Gasteiger partial charge is 0.234 e. The minimum atomic E-state index is -0.118. The number of aryl methyl sites for hydroxylation is 1. The summed E-state index contributed by atoms with van der Waals surface area (Å²) in [5, 5.41) is 13.8. The van der Waals surface area contributed by atoms with E-state index in [1.54, 1.807) is 0 Å². The van der Waals surface area contributed by atoms with E-state index in [-0.39, 0.29) is 11.7 Å². The molecule has 1 N–H and O–H groups in total. The molecule has 5 heteroatoms. The second-order valence-corrected chi connectivity index (χ2v) is 7.73. The molecule has 0 radical (unpaired) electrons. The summed E-state index contributed by atoms with van der Waals surface area (Å²) in [4.78, 5) is 16.9. The number of hydrogen-bond acceptors (Lipinski definition) is 4. The number of carbonyl (C=O) groups excluding carboxylic acids is 1. The number of fused-ring (bicyclic) bond motifs is 1. The molecule has 0 fully saturated rings. The molecule has 27 heavy (non-hydrogen) atoms. The number of nitrogens with one attached hydrogen (secondary N) is 1. The third kappa shape index (κ3) is 4.66. The van der Waals surface area contributed by atoms with Gasteiger partial charge in [0.15, 0.2) is 0 Å². The number of aromatic nitrogens is 1. The average Bonchev–Trinajstić information content (AvgIpc) is 2.66. The molecule has 0 aliphatic carbocycles. The van der Waals surface area contributed by atoms with Crippen molar-refractivity contribution >= 4 is 34.3 Å². The molecule has 4 nitrogen and oxygen atoms in total. The summed E-state index contributed by atoms with van der Waals surface area (Å²) in [6.45, 7) is 6.27. The molecule has 0 saturated carbocycles. The number of carbonyl (C=O) groups is 1. The maximum Gasteiger partial charge on any atom is 0.234 e. The van der Waals surface area contributed by atoms with E-state index in [1.165, 1.54) is 17.3 Å². The lowest BCUT2D eigenvalue weighted by molar-refractivity contribution is -0.113. The second kappa shape index (κ2) is 8.24. The number of thioether (sulfide) groups is 1. The van der Waals surface area contributed by atoms with E-state index in [1.807, 2.05) is 55.5 Å². The van der Waals surface area contributed by atoms with Crippen LogP contribution in [0.2, 0.25) is 0 Å². The Labute approximate surface area is 163 Å². The Hall–Kier alpha value is -2.84. The molecule has 3 aromatic rings. The molecule has 0 aliphatic rings. The molecule has 1 amide bonds. The molecule has 136 valence electrons. The van der Waals surface area contributed by atoms with Crippen LogP contribution in [0.25, 0.3) is 10.9 Å². The lowest BCUT2D eigenvalue weighted by Gasteiger charge is -2.09. The number of hydrogen-bond donors (Lipinski definition) is 1. The number of pyridine rings is 1. The third-order valence-corrected chi connectivity index (χ3v) is 5.25. The van der Waals surface area contributed by atoms with Gasteiger partial charge in [0.25, 0.3) is 0 Å². The van der Waals surface area contributed by atoms with Gasteiger partial charge in [-0.15, -0.1) is 0 Å². The Bertz CT molecular complexity index is 1020. The van der Waals surface area contributed by atoms with E-state index in [9.17, 15) is 10.1 Å². The van der Waals surface area contributed by atoms with Gasteiger partial charge in [0.2, 0.25) is 5.91 Å². The Kier molecular flexibility index (Phi) is 5.78. The average molecular weight is 375 g/mol. The van der Waals surface area contributed by atoms with Gasteiger partial charge in [-0.3, -0.25) is 4.79 Å². The van der Waals surface area contributed by atoms with Crippen LogP contribution < -0.4 is 5.32 Å². The lowest BCUT2D eigenvalue weighted by Crippen LogP contribution is -2.14. The summed E-state index contributed by atoms with van der Waals surface area (Å²) in [6.07, 6.45) is 0. The van der Waals surface area contributed by atoms with Crippen molar-refractivity contribution in [1.29, 1.82) is 5.26 Å². The van der Waals surface area contributed by atoms with E-state index in [0.29, 0.717) is 16.5 Å². The van der Waals surface area contributed by atoms with Crippen LogP contribution in [0.1, 0.15) is 36.5 Å². The highest BCUT2D eigenvalue weighted by Gasteiger charge is 2.11. The van der Waals surface area contributed by atoms with Crippen molar-refractivity contribution in [2.24, 2.45) is 0 Å². The topological polar surface area (TPSA) is 65.8 Å². The summed E-state index contributed by atoms with van der Waals surface area (Å²) >= 11 is 1.28. The van der Waals surface area contributed by atoms with E-state index in [2.05, 4.69) is 30.2 Å². The monoisotopic (exact) mass is 375 g/mol. The largest absolute Gasteiger partial charge is 0.325 e. The maximum absolute atomic E-state index is 12.3. The fraction of sp³-hybridized carbons (Fsp3) is 0.227. The molecular formula is C22H21N3OS. The van der Waals surface area contributed by atoms with Crippen LogP contribution in [0.15, 0.2) is 53.6 Å². The third-order valence-electron chi connectivity index (χ3n) is 4.26. The van der Waals surface area contributed by atoms with Crippen molar-refractivity contribution in [2.45, 2.75) is 31.7 Å². The Balaban J connectivity index is 1.70. The van der Waals surface area contributed by atoms with Crippen molar-refractivity contribution < 1.29 is 4.79 Å². The minimum absolute atomic E-state index is 0.118. The SMILES string of the molecule is Cc1ccc2cc(C#N)c(SCC(=O)Nc3ccc(C(C)C)cc3)nc2c1. The Morgan fingerprint density at radius 3 is 2.59 bits per heavy atom. The molecule has 0 saturated heterocycles. The van der Waals surface area contributed by atoms with Gasteiger partial charge in [-0.05, 0) is 48.2 Å². The first kappa shape index (κ1) is 18.9. The molecule has 3 rings (SSSR count). The highest BCUT2D eigenvalue weighted by atomic mass is 32.2. The molecule has 2 aromatic carbocycles. The summed E-state index contributed by atoms with van der Waals surface area (Å²) in [5.41, 5.74) is 4.44. The van der Waals surface area contributed by atoms with Crippen LogP contribution in [0.5, 0.6) is 0 Å². The number of nitriles is 1. The van der Waals surface area contributed by atoms with Crippen LogP contribution >= 0.6 is 11.8 Å². The van der Waals surface area contributed by atoms with E-state index < -0.39 is 0 Å². The first-order valence-corrected chi connectivity index (χ1v) is 9.79. The zero-order valence-electron chi connectivity index (χ0n) is 15.6. The fourth-order valence-corrected chi connectivity index (χ4v) is 3.49. The van der Waals surface area contributed by atoms with Gasteiger partial charge in [-0.25, -0.2) is 4.98 Å². The van der Waals surface area contributed by atoms with Crippen molar-refractivity contribution in [1.82, 2.24) is 4.98 Å². The van der Waals surface area contributed by atoms with Crippen LogP contribution in [0.4, 0.5) is 5.69 Å². The van der Waals surface area contributed by atoms with Crippen LogP contribution in [-0.2, 0) is 4.79 Å². The minimum Gasteiger partial charge on any atom is -0.325 e. The first-order valence-electron chi connectivity index (χ1n) is 8.80. The van der Waals surface area contributed by atoms with E-state index >= 15 is 0 Å². The Morgan fingerprint density at radius 2 is 1.93 bits per heavy atom. The lowest BCUT2D eigenvalue weighted by atomic mass is 10.0. The molecule has 0 aliphatic heterocycles. The molecular weight excluding hydrogens is 354 g/mol. The summed E-state index contributed by atoms with van der Waals surface area (Å²) in [5.74, 6) is 0.537. The predicted molar refractivity (Wildman–Crippen MR) is 111 cm³/mol. The number of rotatable bonds is 5. The molecule has 0 atom stereocenters. The fourth-order valence-electron chi connectivity index (χ4n) is 2.73. The van der Waals surface area contributed by atoms with Gasteiger partial charge in [0, 0.05) is 11.1 Å². The van der Waals surface area contributed by atoms with Crippen LogP contribution in [0.3, 0.4) is 0 Å². The number of amides is 1. The zero-order valence-corrected chi connectivity index (χ0v) is 16.4. The molecule has 1 aromatic heterocycles. The van der Waals surface area contributed by atoms with E-state index in [4.69, 9.17) is 0 Å². The van der Waals surface area contributed by atoms with Crippen LogP contribution in [-0.4, -0.2) is 16.6 Å². The summed E-state index contributed by atoms with van der Waals surface area (Å²) < 4.78 is 0. The predicted octanol–water partition coefficient (Wildman–Crippen LogP) is 5.27. The maximum atomic E-state index is 12.3. The van der Waals surface area contributed by atoms with Gasteiger partial charge in [-0.2, -0.15) is 5.26 Å². The molecule has 0 bridgehead atoms. The molecule has 0 spiro atoms. The van der Waals surface area contributed by atoms with E-state index in [0.717, 1.165) is 22.2 Å². The van der Waals surface area contributed by atoms with Crippen molar-refractivity contribution in [3.05, 3.63) is 65.2 Å². The highest BCUT2D eigenvalue weighted by Crippen LogP contribution is 2.25. The summed E-state index contributed by atoms with van der Waals surface area (Å²) in [7, 11) is 0. The van der Waals surface area contributed by atoms with Gasteiger partial charge < -0.3 is 5.32 Å². The van der Waals surface area contributed by atoms with Gasteiger partial charge in [-0.1, -0.05) is 49.9 Å². The number of benzene rings is 2. The van der Waals surface area contributed by atoms with Gasteiger partial charge in [0.05, 0.1) is 16.8 Å². The van der Waals surface area contributed by atoms with Crippen molar-refractivity contribution in [3.63, 3.8) is 0 Å². The second-order valence-electron chi connectivity index (χ2n) is 6.76. The van der Waals surface area contributed by atoms with Crippen LogP contribution in [0, 0.1) is 18.3 Å². The van der Waals surface area contributed by atoms with Gasteiger partial charge >= 0.3 is 0 Å². The quantitative estimate of drug-likeness (QED) is 0.617.